The summed E-state index contributed by atoms with van der Waals surface area (Å²) in [7, 11) is 0. The van der Waals surface area contributed by atoms with Crippen LogP contribution >= 0.6 is 0 Å². The number of H-pyrrole nitrogens is 1. The molecule has 0 radical (unpaired) electrons. The van der Waals surface area contributed by atoms with E-state index in [2.05, 4.69) is 10.3 Å². The number of carbonyl (C=O) groups is 2. The molecule has 20 heavy (non-hydrogen) atoms. The number of fused-ring (bicyclic) bond motifs is 1. The van der Waals surface area contributed by atoms with Gasteiger partial charge in [-0.2, -0.15) is 0 Å². The van der Waals surface area contributed by atoms with Crippen molar-refractivity contribution in [1.29, 1.82) is 0 Å². The summed E-state index contributed by atoms with van der Waals surface area (Å²) < 4.78 is 0. The van der Waals surface area contributed by atoms with Gasteiger partial charge in [0.25, 0.3) is 5.91 Å². The minimum Gasteiger partial charge on any atom is -0.361 e. The first kappa shape index (κ1) is 12.7. The number of benzene rings is 1. The number of carbonyl (C=O) groups excluding carboxylic acids is 2. The predicted octanol–water partition coefficient (Wildman–Crippen LogP) is 1.52. The minimum absolute atomic E-state index is 0.0641. The van der Waals surface area contributed by atoms with Crippen LogP contribution in [-0.2, 0) is 4.79 Å². The predicted molar refractivity (Wildman–Crippen MR) is 76.4 cm³/mol. The number of aromatic nitrogens is 1. The Balaban J connectivity index is 1.99. The summed E-state index contributed by atoms with van der Waals surface area (Å²) in [6.07, 6.45) is 2.44. The Morgan fingerprint density at radius 1 is 1.40 bits per heavy atom. The molecule has 5 heteroatoms. The summed E-state index contributed by atoms with van der Waals surface area (Å²) in [6, 6.07) is 7.20. The number of nitrogens with zero attached hydrogens (tertiary/aromatic N) is 1. The Hall–Kier alpha value is -2.30. The fourth-order valence-corrected chi connectivity index (χ4v) is 2.78. The lowest BCUT2D eigenvalue weighted by Gasteiger charge is -2.34. The molecule has 1 aliphatic heterocycles. The van der Waals surface area contributed by atoms with Gasteiger partial charge in [0.15, 0.2) is 0 Å². The van der Waals surface area contributed by atoms with Crippen molar-refractivity contribution in [2.24, 2.45) is 0 Å². The van der Waals surface area contributed by atoms with Crippen LogP contribution < -0.4 is 5.32 Å². The van der Waals surface area contributed by atoms with Crippen LogP contribution in [0, 0.1) is 0 Å². The molecule has 2 heterocycles. The second-order valence-corrected chi connectivity index (χ2v) is 4.96. The number of aromatic amines is 1. The van der Waals surface area contributed by atoms with E-state index in [1.54, 1.807) is 11.0 Å². The summed E-state index contributed by atoms with van der Waals surface area (Å²) >= 11 is 0. The van der Waals surface area contributed by atoms with Crippen LogP contribution in [0.15, 0.2) is 30.5 Å². The van der Waals surface area contributed by atoms with Crippen molar-refractivity contribution in [2.75, 3.05) is 13.1 Å². The van der Waals surface area contributed by atoms with Crippen molar-refractivity contribution in [3.63, 3.8) is 0 Å². The van der Waals surface area contributed by atoms with Gasteiger partial charge in [-0.05, 0) is 18.6 Å². The van der Waals surface area contributed by atoms with E-state index in [0.717, 1.165) is 10.9 Å². The van der Waals surface area contributed by atoms with Crippen LogP contribution in [0.5, 0.6) is 0 Å². The molecule has 104 valence electrons. The molecule has 1 unspecified atom stereocenters. The molecule has 5 nitrogen and oxygen atoms in total. The number of hydrogen-bond donors (Lipinski definition) is 2. The Morgan fingerprint density at radius 3 is 3.05 bits per heavy atom. The van der Waals surface area contributed by atoms with Gasteiger partial charge in [-0.25, -0.2) is 0 Å². The van der Waals surface area contributed by atoms with Gasteiger partial charge in [0, 0.05) is 24.7 Å². The minimum atomic E-state index is -0.374. The second-order valence-electron chi connectivity index (χ2n) is 4.96. The maximum atomic E-state index is 12.8. The molecular formula is C15H17N3O2. The lowest BCUT2D eigenvalue weighted by atomic mass is 10.1. The molecule has 0 aliphatic carbocycles. The third kappa shape index (κ3) is 1.95. The van der Waals surface area contributed by atoms with E-state index < -0.39 is 0 Å². The Kier molecular flexibility index (Phi) is 3.18. The molecular weight excluding hydrogens is 254 g/mol. The molecule has 1 aromatic heterocycles. The average molecular weight is 271 g/mol. The Labute approximate surface area is 117 Å². The van der Waals surface area contributed by atoms with Gasteiger partial charge in [0.2, 0.25) is 5.91 Å². The Bertz CT molecular complexity index is 662. The van der Waals surface area contributed by atoms with Crippen molar-refractivity contribution < 1.29 is 9.59 Å². The fraction of sp³-hybridized carbons (Fsp3) is 0.333. The summed E-state index contributed by atoms with van der Waals surface area (Å²) in [5.74, 6) is -0.148. The lowest BCUT2D eigenvalue weighted by molar-refractivity contribution is -0.127. The highest BCUT2D eigenvalue weighted by molar-refractivity contribution is 6.07. The van der Waals surface area contributed by atoms with Crippen LogP contribution in [0.2, 0.25) is 0 Å². The van der Waals surface area contributed by atoms with Crippen LogP contribution in [0.4, 0.5) is 0 Å². The second kappa shape index (κ2) is 5.00. The Morgan fingerprint density at radius 2 is 2.25 bits per heavy atom. The number of nitrogens with one attached hydrogen (secondary N) is 2. The molecule has 0 spiro atoms. The monoisotopic (exact) mass is 271 g/mol. The summed E-state index contributed by atoms with van der Waals surface area (Å²) in [5, 5.41) is 3.82. The number of amides is 2. The molecule has 1 saturated heterocycles. The molecule has 2 N–H and O–H groups in total. The van der Waals surface area contributed by atoms with E-state index in [9.17, 15) is 9.59 Å². The highest BCUT2D eigenvalue weighted by atomic mass is 16.2. The van der Waals surface area contributed by atoms with Crippen LogP contribution in [-0.4, -0.2) is 40.8 Å². The highest BCUT2D eigenvalue weighted by Crippen LogP contribution is 2.21. The summed E-state index contributed by atoms with van der Waals surface area (Å²) in [6.45, 7) is 2.99. The molecule has 2 aromatic rings. The van der Waals surface area contributed by atoms with Crippen molar-refractivity contribution >= 4 is 22.7 Å². The third-order valence-electron chi connectivity index (χ3n) is 3.80. The first-order chi connectivity index (χ1) is 9.72. The van der Waals surface area contributed by atoms with E-state index in [0.29, 0.717) is 25.1 Å². The molecule has 1 atom stereocenters. The van der Waals surface area contributed by atoms with Crippen molar-refractivity contribution in [1.82, 2.24) is 15.2 Å². The zero-order chi connectivity index (χ0) is 14.1. The van der Waals surface area contributed by atoms with Crippen LogP contribution in [0.1, 0.15) is 23.7 Å². The van der Waals surface area contributed by atoms with E-state index >= 15 is 0 Å². The maximum absolute atomic E-state index is 12.8. The molecule has 0 saturated carbocycles. The zero-order valence-corrected chi connectivity index (χ0v) is 11.3. The van der Waals surface area contributed by atoms with Crippen LogP contribution in [0.25, 0.3) is 10.9 Å². The average Bonchev–Trinajstić information content (AvgIpc) is 2.94. The lowest BCUT2D eigenvalue weighted by Crippen LogP contribution is -2.56. The zero-order valence-electron chi connectivity index (χ0n) is 11.3. The van der Waals surface area contributed by atoms with E-state index in [4.69, 9.17) is 0 Å². The maximum Gasteiger partial charge on any atom is 0.256 e. The van der Waals surface area contributed by atoms with Gasteiger partial charge in [-0.15, -0.1) is 0 Å². The number of rotatable bonds is 2. The van der Waals surface area contributed by atoms with Gasteiger partial charge < -0.3 is 15.2 Å². The van der Waals surface area contributed by atoms with E-state index in [1.807, 2.05) is 31.3 Å². The molecule has 3 rings (SSSR count). The van der Waals surface area contributed by atoms with Crippen LogP contribution in [0.3, 0.4) is 0 Å². The van der Waals surface area contributed by atoms with Crippen molar-refractivity contribution in [3.8, 4) is 0 Å². The van der Waals surface area contributed by atoms with Gasteiger partial charge in [0.1, 0.15) is 6.04 Å². The largest absolute Gasteiger partial charge is 0.361 e. The fourth-order valence-electron chi connectivity index (χ4n) is 2.78. The van der Waals surface area contributed by atoms with Gasteiger partial charge in [-0.1, -0.05) is 19.1 Å². The van der Waals surface area contributed by atoms with E-state index in [1.165, 1.54) is 0 Å². The molecule has 2 amide bonds. The number of piperazine rings is 1. The van der Waals surface area contributed by atoms with Crippen molar-refractivity contribution in [2.45, 2.75) is 19.4 Å². The van der Waals surface area contributed by atoms with Gasteiger partial charge in [-0.3, -0.25) is 9.59 Å². The first-order valence-corrected chi connectivity index (χ1v) is 6.87. The third-order valence-corrected chi connectivity index (χ3v) is 3.80. The topological polar surface area (TPSA) is 65.2 Å². The highest BCUT2D eigenvalue weighted by Gasteiger charge is 2.32. The van der Waals surface area contributed by atoms with Gasteiger partial charge >= 0.3 is 0 Å². The quantitative estimate of drug-likeness (QED) is 0.869. The smallest absolute Gasteiger partial charge is 0.256 e. The SMILES string of the molecule is CCC1C(=O)NCCN1C(=O)c1cccc2cc[nH]c12. The first-order valence-electron chi connectivity index (χ1n) is 6.87. The van der Waals surface area contributed by atoms with E-state index in [-0.39, 0.29) is 17.9 Å². The molecule has 0 bridgehead atoms. The molecule has 1 fully saturated rings. The van der Waals surface area contributed by atoms with Crippen molar-refractivity contribution in [3.05, 3.63) is 36.0 Å². The van der Waals surface area contributed by atoms with Gasteiger partial charge in [0.05, 0.1) is 11.1 Å². The number of hydrogen-bond acceptors (Lipinski definition) is 2. The number of para-hydroxylation sites is 1. The molecule has 1 aliphatic rings. The normalized spacial score (nSPS) is 19.1. The summed E-state index contributed by atoms with van der Waals surface area (Å²) in [4.78, 5) is 29.4. The molecule has 1 aromatic carbocycles. The summed E-state index contributed by atoms with van der Waals surface area (Å²) in [5.41, 5.74) is 1.46. The standard InChI is InChI=1S/C15H17N3O2/c1-2-12-14(19)17-8-9-18(12)15(20)11-5-3-4-10-6-7-16-13(10)11/h3-7,12,16H,2,8-9H2,1H3,(H,17,19).